The molecule has 4 heteroatoms. The molecule has 0 aliphatic rings. The smallest absolute Gasteiger partial charge is 0.152 e. The molecular formula is C14H12N2O2. The number of para-hydroxylation sites is 1. The van der Waals surface area contributed by atoms with Crippen molar-refractivity contribution >= 4 is 17.2 Å². The molecule has 90 valence electrons. The third kappa shape index (κ3) is 1.72. The molecule has 4 nitrogen and oxygen atoms in total. The zero-order chi connectivity index (χ0) is 12.5. The van der Waals surface area contributed by atoms with Crippen LogP contribution in [0.2, 0.25) is 0 Å². The highest BCUT2D eigenvalue weighted by Crippen LogP contribution is 2.20. The van der Waals surface area contributed by atoms with Gasteiger partial charge in [0.25, 0.3) is 0 Å². The molecule has 0 atom stereocenters. The van der Waals surface area contributed by atoms with Gasteiger partial charge in [0.05, 0.1) is 12.1 Å². The zero-order valence-electron chi connectivity index (χ0n) is 9.96. The summed E-state index contributed by atoms with van der Waals surface area (Å²) >= 11 is 0. The molecule has 0 bridgehead atoms. The predicted octanol–water partition coefficient (Wildman–Crippen LogP) is 2.80. The minimum atomic E-state index is 0.603. The fourth-order valence-electron chi connectivity index (χ4n) is 2.18. The van der Waals surface area contributed by atoms with E-state index in [2.05, 4.69) is 5.16 Å². The molecule has 0 radical (unpaired) electrons. The van der Waals surface area contributed by atoms with E-state index in [9.17, 15) is 4.79 Å². The average Bonchev–Trinajstić information content (AvgIpc) is 2.97. The third-order valence-electron chi connectivity index (χ3n) is 2.96. The number of aryl methyl sites for hydroxylation is 1. The van der Waals surface area contributed by atoms with E-state index in [1.54, 1.807) is 0 Å². The van der Waals surface area contributed by atoms with Gasteiger partial charge in [0.15, 0.2) is 6.29 Å². The van der Waals surface area contributed by atoms with E-state index in [1.807, 2.05) is 48.0 Å². The standard InChI is InChI=1S/C14H12N2O2/c1-10-7-13(15-18-10)8-16-6-5-11-3-2-4-12(9-17)14(11)16/h2-7,9H,8H2,1H3. The summed E-state index contributed by atoms with van der Waals surface area (Å²) in [5.41, 5.74) is 2.48. The molecular weight excluding hydrogens is 228 g/mol. The first-order valence-corrected chi connectivity index (χ1v) is 5.73. The molecule has 3 rings (SSSR count). The van der Waals surface area contributed by atoms with Gasteiger partial charge in [-0.1, -0.05) is 17.3 Å². The van der Waals surface area contributed by atoms with Crippen molar-refractivity contribution < 1.29 is 9.32 Å². The van der Waals surface area contributed by atoms with Crippen LogP contribution in [0, 0.1) is 6.92 Å². The van der Waals surface area contributed by atoms with Crippen molar-refractivity contribution in [3.05, 3.63) is 53.5 Å². The van der Waals surface area contributed by atoms with Gasteiger partial charge < -0.3 is 9.09 Å². The van der Waals surface area contributed by atoms with E-state index in [1.165, 1.54) is 0 Å². The fraction of sp³-hybridized carbons (Fsp3) is 0.143. The highest BCUT2D eigenvalue weighted by molar-refractivity contribution is 5.96. The van der Waals surface area contributed by atoms with Crippen LogP contribution in [0.3, 0.4) is 0 Å². The van der Waals surface area contributed by atoms with Crippen LogP contribution in [0.4, 0.5) is 0 Å². The number of benzene rings is 1. The van der Waals surface area contributed by atoms with Crippen LogP contribution in [-0.2, 0) is 6.54 Å². The second-order valence-electron chi connectivity index (χ2n) is 4.28. The Morgan fingerprint density at radius 2 is 2.28 bits per heavy atom. The topological polar surface area (TPSA) is 48.0 Å². The molecule has 2 heterocycles. The summed E-state index contributed by atoms with van der Waals surface area (Å²) < 4.78 is 7.06. The number of nitrogens with zero attached hydrogens (tertiary/aromatic N) is 2. The van der Waals surface area contributed by atoms with E-state index in [0.717, 1.165) is 28.6 Å². The molecule has 0 aliphatic carbocycles. The molecule has 1 aromatic carbocycles. The summed E-state index contributed by atoms with van der Waals surface area (Å²) in [5.74, 6) is 0.789. The van der Waals surface area contributed by atoms with Gasteiger partial charge in [0.1, 0.15) is 11.5 Å². The maximum Gasteiger partial charge on any atom is 0.152 e. The van der Waals surface area contributed by atoms with Gasteiger partial charge in [-0.25, -0.2) is 0 Å². The van der Waals surface area contributed by atoms with Gasteiger partial charge in [-0.2, -0.15) is 0 Å². The first-order chi connectivity index (χ1) is 8.78. The monoisotopic (exact) mass is 240 g/mol. The Morgan fingerprint density at radius 3 is 3.00 bits per heavy atom. The van der Waals surface area contributed by atoms with Gasteiger partial charge in [-0.3, -0.25) is 4.79 Å². The van der Waals surface area contributed by atoms with Gasteiger partial charge in [-0.15, -0.1) is 0 Å². The molecule has 0 aliphatic heterocycles. The number of carbonyl (C=O) groups excluding carboxylic acids is 1. The molecule has 0 saturated carbocycles. The number of carbonyl (C=O) groups is 1. The Bertz CT molecular complexity index is 709. The zero-order valence-corrected chi connectivity index (χ0v) is 9.96. The normalized spacial score (nSPS) is 10.9. The quantitative estimate of drug-likeness (QED) is 0.661. The summed E-state index contributed by atoms with van der Waals surface area (Å²) in [6.45, 7) is 2.47. The number of aldehydes is 1. The van der Waals surface area contributed by atoms with Crippen molar-refractivity contribution in [2.24, 2.45) is 0 Å². The molecule has 2 aromatic heterocycles. The number of hydrogen-bond acceptors (Lipinski definition) is 3. The van der Waals surface area contributed by atoms with Gasteiger partial charge in [0.2, 0.25) is 0 Å². The Labute approximate surface area is 104 Å². The molecule has 0 saturated heterocycles. The highest BCUT2D eigenvalue weighted by Gasteiger charge is 2.08. The Hall–Kier alpha value is -2.36. The average molecular weight is 240 g/mol. The van der Waals surface area contributed by atoms with E-state index >= 15 is 0 Å². The maximum absolute atomic E-state index is 11.1. The second-order valence-corrected chi connectivity index (χ2v) is 4.28. The van der Waals surface area contributed by atoms with Crippen LogP contribution < -0.4 is 0 Å². The van der Waals surface area contributed by atoms with Crippen LogP contribution in [0.25, 0.3) is 10.9 Å². The minimum Gasteiger partial charge on any atom is -0.361 e. The van der Waals surface area contributed by atoms with Crippen LogP contribution in [0.1, 0.15) is 21.8 Å². The van der Waals surface area contributed by atoms with Gasteiger partial charge >= 0.3 is 0 Å². The maximum atomic E-state index is 11.1. The summed E-state index contributed by atoms with van der Waals surface area (Å²) in [6, 6.07) is 9.59. The van der Waals surface area contributed by atoms with Crippen molar-refractivity contribution in [2.45, 2.75) is 13.5 Å². The highest BCUT2D eigenvalue weighted by atomic mass is 16.5. The fourth-order valence-corrected chi connectivity index (χ4v) is 2.18. The van der Waals surface area contributed by atoms with E-state index in [0.29, 0.717) is 12.1 Å². The van der Waals surface area contributed by atoms with Crippen LogP contribution in [0.5, 0.6) is 0 Å². The minimum absolute atomic E-state index is 0.603. The van der Waals surface area contributed by atoms with Crippen molar-refractivity contribution in [3.8, 4) is 0 Å². The lowest BCUT2D eigenvalue weighted by atomic mass is 10.1. The lowest BCUT2D eigenvalue weighted by Crippen LogP contribution is -2.00. The summed E-state index contributed by atoms with van der Waals surface area (Å²) in [5, 5.41) is 5.02. The lowest BCUT2D eigenvalue weighted by Gasteiger charge is -2.04. The molecule has 0 N–H and O–H groups in total. The molecule has 0 spiro atoms. The predicted molar refractivity (Wildman–Crippen MR) is 67.7 cm³/mol. The van der Waals surface area contributed by atoms with Crippen LogP contribution in [-0.4, -0.2) is 16.0 Å². The van der Waals surface area contributed by atoms with Crippen molar-refractivity contribution in [2.75, 3.05) is 0 Å². The number of hydrogen-bond donors (Lipinski definition) is 0. The largest absolute Gasteiger partial charge is 0.361 e. The van der Waals surface area contributed by atoms with Gasteiger partial charge in [0, 0.05) is 23.2 Å². The number of fused-ring (bicyclic) bond motifs is 1. The van der Waals surface area contributed by atoms with Gasteiger partial charge in [-0.05, 0) is 19.1 Å². The van der Waals surface area contributed by atoms with Crippen molar-refractivity contribution in [1.29, 1.82) is 0 Å². The van der Waals surface area contributed by atoms with E-state index in [4.69, 9.17) is 4.52 Å². The Balaban J connectivity index is 2.09. The van der Waals surface area contributed by atoms with Crippen molar-refractivity contribution in [1.82, 2.24) is 9.72 Å². The van der Waals surface area contributed by atoms with E-state index < -0.39 is 0 Å². The van der Waals surface area contributed by atoms with Crippen LogP contribution >= 0.6 is 0 Å². The lowest BCUT2D eigenvalue weighted by molar-refractivity contribution is 0.112. The molecule has 0 unspecified atom stereocenters. The number of aromatic nitrogens is 2. The van der Waals surface area contributed by atoms with Crippen LogP contribution in [0.15, 0.2) is 41.1 Å². The summed E-state index contributed by atoms with van der Waals surface area (Å²) in [4.78, 5) is 11.1. The molecule has 3 aromatic rings. The molecule has 0 fully saturated rings. The van der Waals surface area contributed by atoms with E-state index in [-0.39, 0.29) is 0 Å². The van der Waals surface area contributed by atoms with Crippen molar-refractivity contribution in [3.63, 3.8) is 0 Å². The molecule has 0 amide bonds. The summed E-state index contributed by atoms with van der Waals surface area (Å²) in [7, 11) is 0. The molecule has 18 heavy (non-hydrogen) atoms. The SMILES string of the molecule is Cc1cc(Cn2ccc3cccc(C=O)c32)no1. The number of rotatable bonds is 3. The summed E-state index contributed by atoms with van der Waals surface area (Å²) in [6.07, 6.45) is 2.84. The first kappa shape index (κ1) is 10.8. The third-order valence-corrected chi connectivity index (χ3v) is 2.96. The Morgan fingerprint density at radius 1 is 1.39 bits per heavy atom. The Kier molecular flexibility index (Phi) is 2.48. The second kappa shape index (κ2) is 4.14. The first-order valence-electron chi connectivity index (χ1n) is 5.73.